The van der Waals surface area contributed by atoms with E-state index in [4.69, 9.17) is 0 Å². The van der Waals surface area contributed by atoms with Crippen LogP contribution in [0.1, 0.15) is 6.42 Å². The van der Waals surface area contributed by atoms with Gasteiger partial charge in [0.1, 0.15) is 0 Å². The molecule has 2 aromatic rings. The fraction of sp³-hybridized carbons (Fsp3) is 0.267. The summed E-state index contributed by atoms with van der Waals surface area (Å²) in [5.41, 5.74) is 1.47. The quantitative estimate of drug-likeness (QED) is 0.776. The summed E-state index contributed by atoms with van der Waals surface area (Å²) in [5.74, 6) is 0.436. The smallest absolute Gasteiger partial charge is 0.241 e. The average molecular weight is 284 g/mol. The third-order valence-corrected chi connectivity index (χ3v) is 3.38. The summed E-state index contributed by atoms with van der Waals surface area (Å²) >= 11 is 0. The van der Waals surface area contributed by atoms with Gasteiger partial charge in [0.2, 0.25) is 5.91 Å². The van der Waals surface area contributed by atoms with Gasteiger partial charge in [-0.2, -0.15) is 0 Å². The van der Waals surface area contributed by atoms with E-state index in [9.17, 15) is 9.90 Å². The van der Waals surface area contributed by atoms with E-state index in [1.54, 1.807) is 12.4 Å². The molecule has 6 nitrogen and oxygen atoms in total. The number of aliphatic hydroxyl groups excluding tert-OH is 1. The fourth-order valence-electron chi connectivity index (χ4n) is 2.28. The van der Waals surface area contributed by atoms with Crippen molar-refractivity contribution >= 4 is 11.6 Å². The van der Waals surface area contributed by atoms with Crippen LogP contribution in [-0.4, -0.2) is 39.7 Å². The Morgan fingerprint density at radius 1 is 1.24 bits per heavy atom. The van der Waals surface area contributed by atoms with Crippen molar-refractivity contribution < 1.29 is 9.90 Å². The lowest BCUT2D eigenvalue weighted by Gasteiger charge is -2.10. The second-order valence-corrected chi connectivity index (χ2v) is 5.00. The number of rotatable bonds is 3. The van der Waals surface area contributed by atoms with Crippen molar-refractivity contribution in [1.82, 2.24) is 15.3 Å². The van der Waals surface area contributed by atoms with Gasteiger partial charge in [-0.25, -0.2) is 9.97 Å². The molecule has 1 aliphatic heterocycles. The van der Waals surface area contributed by atoms with Crippen molar-refractivity contribution in [3.63, 3.8) is 0 Å². The lowest BCUT2D eigenvalue weighted by molar-refractivity contribution is -0.117. The summed E-state index contributed by atoms with van der Waals surface area (Å²) < 4.78 is 0. The van der Waals surface area contributed by atoms with Crippen LogP contribution in [0.2, 0.25) is 0 Å². The number of anilines is 1. The van der Waals surface area contributed by atoms with Gasteiger partial charge in [-0.1, -0.05) is 30.3 Å². The molecule has 6 heteroatoms. The van der Waals surface area contributed by atoms with Gasteiger partial charge in [0.05, 0.1) is 30.2 Å². The molecule has 1 amide bonds. The van der Waals surface area contributed by atoms with Gasteiger partial charge in [-0.05, 0) is 6.42 Å². The highest BCUT2D eigenvalue weighted by Gasteiger charge is 2.28. The van der Waals surface area contributed by atoms with E-state index in [2.05, 4.69) is 20.6 Å². The number of amides is 1. The fourth-order valence-corrected chi connectivity index (χ4v) is 2.28. The van der Waals surface area contributed by atoms with E-state index in [-0.39, 0.29) is 11.9 Å². The predicted molar refractivity (Wildman–Crippen MR) is 78.5 cm³/mol. The molecule has 3 N–H and O–H groups in total. The Morgan fingerprint density at radius 3 is 2.57 bits per heavy atom. The van der Waals surface area contributed by atoms with Crippen LogP contribution in [-0.2, 0) is 4.79 Å². The minimum Gasteiger partial charge on any atom is -0.392 e. The first-order valence-corrected chi connectivity index (χ1v) is 6.82. The van der Waals surface area contributed by atoms with Crippen molar-refractivity contribution in [3.8, 4) is 11.4 Å². The lowest BCUT2D eigenvalue weighted by Crippen LogP contribution is -2.35. The molecular weight excluding hydrogens is 268 g/mol. The van der Waals surface area contributed by atoms with Crippen LogP contribution in [0.3, 0.4) is 0 Å². The highest BCUT2D eigenvalue weighted by molar-refractivity contribution is 5.94. The van der Waals surface area contributed by atoms with Gasteiger partial charge in [-0.3, -0.25) is 4.79 Å². The van der Waals surface area contributed by atoms with Crippen LogP contribution < -0.4 is 10.6 Å². The molecule has 2 atom stereocenters. The van der Waals surface area contributed by atoms with Gasteiger partial charge in [0.15, 0.2) is 5.82 Å². The second kappa shape index (κ2) is 5.99. The van der Waals surface area contributed by atoms with Crippen LogP contribution >= 0.6 is 0 Å². The van der Waals surface area contributed by atoms with Gasteiger partial charge in [-0.15, -0.1) is 0 Å². The molecule has 1 fully saturated rings. The van der Waals surface area contributed by atoms with Crippen molar-refractivity contribution in [2.45, 2.75) is 18.6 Å². The molecule has 1 aromatic heterocycles. The third-order valence-electron chi connectivity index (χ3n) is 3.38. The Bertz CT molecular complexity index is 615. The zero-order valence-corrected chi connectivity index (χ0v) is 11.4. The predicted octanol–water partition coefficient (Wildman–Crippen LogP) is 0.805. The summed E-state index contributed by atoms with van der Waals surface area (Å²) in [5, 5.41) is 15.1. The van der Waals surface area contributed by atoms with Crippen molar-refractivity contribution in [2.75, 3.05) is 11.9 Å². The van der Waals surface area contributed by atoms with Gasteiger partial charge in [0.25, 0.3) is 0 Å². The van der Waals surface area contributed by atoms with Crippen molar-refractivity contribution in [1.29, 1.82) is 0 Å². The summed E-state index contributed by atoms with van der Waals surface area (Å²) in [6.45, 7) is 0.446. The molecule has 21 heavy (non-hydrogen) atoms. The Balaban J connectivity index is 1.66. The third kappa shape index (κ3) is 3.24. The van der Waals surface area contributed by atoms with Crippen molar-refractivity contribution in [3.05, 3.63) is 42.7 Å². The summed E-state index contributed by atoms with van der Waals surface area (Å²) in [4.78, 5) is 20.5. The lowest BCUT2D eigenvalue weighted by atomic mass is 10.2. The molecule has 0 radical (unpaired) electrons. The van der Waals surface area contributed by atoms with E-state index in [0.29, 0.717) is 24.5 Å². The molecule has 1 aromatic carbocycles. The standard InChI is InChI=1S/C15H16N4O2/c20-12-6-13(16-9-12)15(21)19-11-7-17-14(18-8-11)10-4-2-1-3-5-10/h1-5,7-8,12-13,16,20H,6,9H2,(H,19,21)/t12-,13-/m0/s1. The van der Waals surface area contributed by atoms with Gasteiger partial charge in [0, 0.05) is 12.1 Å². The number of nitrogens with zero attached hydrogens (tertiary/aromatic N) is 2. The second-order valence-electron chi connectivity index (χ2n) is 5.00. The largest absolute Gasteiger partial charge is 0.392 e. The molecule has 3 rings (SSSR count). The zero-order valence-electron chi connectivity index (χ0n) is 11.4. The average Bonchev–Trinajstić information content (AvgIpc) is 2.96. The molecule has 0 spiro atoms. The highest BCUT2D eigenvalue weighted by atomic mass is 16.3. The molecule has 1 saturated heterocycles. The monoisotopic (exact) mass is 284 g/mol. The summed E-state index contributed by atoms with van der Waals surface area (Å²) in [6.07, 6.45) is 3.13. The minimum absolute atomic E-state index is 0.178. The molecule has 2 heterocycles. The molecule has 1 aliphatic rings. The zero-order chi connectivity index (χ0) is 14.7. The van der Waals surface area contributed by atoms with Crippen LogP contribution in [0, 0.1) is 0 Å². The van der Waals surface area contributed by atoms with E-state index < -0.39 is 6.10 Å². The first-order valence-electron chi connectivity index (χ1n) is 6.82. The van der Waals surface area contributed by atoms with Gasteiger partial charge >= 0.3 is 0 Å². The van der Waals surface area contributed by atoms with Crippen LogP contribution in [0.25, 0.3) is 11.4 Å². The SMILES string of the molecule is O=C(Nc1cnc(-c2ccccc2)nc1)[C@@H]1C[C@H](O)CN1. The summed E-state index contributed by atoms with van der Waals surface area (Å²) in [7, 11) is 0. The maximum absolute atomic E-state index is 12.0. The van der Waals surface area contributed by atoms with E-state index in [1.165, 1.54) is 0 Å². The maximum Gasteiger partial charge on any atom is 0.241 e. The number of carbonyl (C=O) groups excluding carboxylic acids is 1. The van der Waals surface area contributed by atoms with Crippen LogP contribution in [0.4, 0.5) is 5.69 Å². The van der Waals surface area contributed by atoms with Crippen molar-refractivity contribution in [2.24, 2.45) is 0 Å². The molecular formula is C15H16N4O2. The van der Waals surface area contributed by atoms with E-state index in [1.807, 2.05) is 30.3 Å². The number of benzene rings is 1. The van der Waals surface area contributed by atoms with Crippen LogP contribution in [0.5, 0.6) is 0 Å². The number of nitrogens with one attached hydrogen (secondary N) is 2. The number of carbonyl (C=O) groups is 1. The first-order chi connectivity index (χ1) is 10.2. The Kier molecular flexibility index (Phi) is 3.89. The highest BCUT2D eigenvalue weighted by Crippen LogP contribution is 2.15. The molecule has 108 valence electrons. The topological polar surface area (TPSA) is 87.1 Å². The number of hydrogen-bond acceptors (Lipinski definition) is 5. The number of hydrogen-bond donors (Lipinski definition) is 3. The molecule has 0 bridgehead atoms. The maximum atomic E-state index is 12.0. The Labute approximate surface area is 122 Å². The first kappa shape index (κ1) is 13.7. The number of aromatic nitrogens is 2. The number of aliphatic hydroxyl groups is 1. The Hall–Kier alpha value is -2.31. The van der Waals surface area contributed by atoms with E-state index in [0.717, 1.165) is 5.56 Å². The summed E-state index contributed by atoms with van der Waals surface area (Å²) in [6, 6.07) is 9.26. The normalized spacial score (nSPS) is 21.2. The molecule has 0 saturated carbocycles. The minimum atomic E-state index is -0.461. The Morgan fingerprint density at radius 2 is 1.95 bits per heavy atom. The molecule has 0 unspecified atom stereocenters. The molecule has 0 aliphatic carbocycles. The number of β-amino-alcohol motifs (C(OH)–C–C–N with tert-alkyl or cyclic N) is 1. The van der Waals surface area contributed by atoms with E-state index >= 15 is 0 Å². The van der Waals surface area contributed by atoms with Crippen LogP contribution in [0.15, 0.2) is 42.7 Å². The van der Waals surface area contributed by atoms with Gasteiger partial charge < -0.3 is 15.7 Å².